The lowest BCUT2D eigenvalue weighted by Gasteiger charge is -2.11. The number of benzene rings is 2. The molecular weight excluding hydrogens is 316 g/mol. The van der Waals surface area contributed by atoms with Gasteiger partial charge in [0.2, 0.25) is 0 Å². The van der Waals surface area contributed by atoms with E-state index in [1.165, 1.54) is 24.3 Å². The van der Waals surface area contributed by atoms with Gasteiger partial charge in [-0.15, -0.1) is 0 Å². The van der Waals surface area contributed by atoms with Crippen molar-refractivity contribution in [2.24, 2.45) is 0 Å². The molecule has 23 heavy (non-hydrogen) atoms. The van der Waals surface area contributed by atoms with E-state index < -0.39 is 10.8 Å². The Balaban J connectivity index is 1.88. The van der Waals surface area contributed by atoms with E-state index in [4.69, 9.17) is 0 Å². The van der Waals surface area contributed by atoms with Crippen molar-refractivity contribution >= 4 is 40.4 Å². The van der Waals surface area contributed by atoms with Gasteiger partial charge < -0.3 is 0 Å². The molecule has 0 N–H and O–H groups in total. The Morgan fingerprint density at radius 3 is 2.26 bits per heavy atom. The highest BCUT2D eigenvalue weighted by Gasteiger charge is 2.36. The van der Waals surface area contributed by atoms with Crippen LogP contribution in [0, 0.1) is 10.1 Å². The summed E-state index contributed by atoms with van der Waals surface area (Å²) in [5.41, 5.74) is 1.11. The first-order valence-corrected chi connectivity index (χ1v) is 7.45. The standard InChI is InChI=1S/C16H10N2O4S/c19-15-14(10-11-6-8-13(9-7-11)18(21)22)23-16(20)17(15)12-4-2-1-3-5-12/h1-10H/b14-10-. The van der Waals surface area contributed by atoms with Crippen LogP contribution >= 0.6 is 11.8 Å². The fourth-order valence-corrected chi connectivity index (χ4v) is 2.95. The Morgan fingerprint density at radius 2 is 1.65 bits per heavy atom. The highest BCUT2D eigenvalue weighted by molar-refractivity contribution is 8.19. The quantitative estimate of drug-likeness (QED) is 0.486. The molecule has 3 rings (SSSR count). The minimum atomic E-state index is -0.493. The number of nitro groups is 1. The molecule has 2 amide bonds. The summed E-state index contributed by atoms with van der Waals surface area (Å²) in [6.45, 7) is 0. The molecule has 114 valence electrons. The SMILES string of the molecule is O=C1S/C(=C\c2ccc([N+](=O)[O-])cc2)C(=O)N1c1ccccc1. The monoisotopic (exact) mass is 326 g/mol. The maximum Gasteiger partial charge on any atom is 0.298 e. The Kier molecular flexibility index (Phi) is 3.94. The van der Waals surface area contributed by atoms with Crippen molar-refractivity contribution in [1.29, 1.82) is 0 Å². The average molecular weight is 326 g/mol. The van der Waals surface area contributed by atoms with E-state index in [1.54, 1.807) is 36.4 Å². The first-order valence-electron chi connectivity index (χ1n) is 6.64. The molecule has 0 spiro atoms. The number of anilines is 1. The predicted octanol–water partition coefficient (Wildman–Crippen LogP) is 3.84. The third-order valence-electron chi connectivity index (χ3n) is 3.21. The third-order valence-corrected chi connectivity index (χ3v) is 4.08. The molecule has 1 aliphatic heterocycles. The fraction of sp³-hybridized carbons (Fsp3) is 0. The van der Waals surface area contributed by atoms with Gasteiger partial charge in [0.05, 0.1) is 15.5 Å². The molecule has 0 aliphatic carbocycles. The van der Waals surface area contributed by atoms with Gasteiger partial charge in [-0.3, -0.25) is 19.7 Å². The van der Waals surface area contributed by atoms with E-state index in [0.717, 1.165) is 16.7 Å². The van der Waals surface area contributed by atoms with Crippen LogP contribution in [0.2, 0.25) is 0 Å². The van der Waals surface area contributed by atoms with E-state index in [1.807, 2.05) is 0 Å². The smallest absolute Gasteiger partial charge is 0.268 e. The number of carbonyl (C=O) groups excluding carboxylic acids is 2. The van der Waals surface area contributed by atoms with Crippen LogP contribution in [0.25, 0.3) is 6.08 Å². The summed E-state index contributed by atoms with van der Waals surface area (Å²) in [7, 11) is 0. The molecule has 0 saturated carbocycles. The maximum absolute atomic E-state index is 12.4. The van der Waals surface area contributed by atoms with Gasteiger partial charge in [-0.25, -0.2) is 4.90 Å². The van der Waals surface area contributed by atoms with Crippen molar-refractivity contribution in [3.63, 3.8) is 0 Å². The molecule has 6 nitrogen and oxygen atoms in total. The molecule has 0 bridgehead atoms. The van der Waals surface area contributed by atoms with E-state index in [0.29, 0.717) is 11.3 Å². The van der Waals surface area contributed by atoms with Gasteiger partial charge in [-0.1, -0.05) is 18.2 Å². The Labute approximate surface area is 135 Å². The lowest BCUT2D eigenvalue weighted by Crippen LogP contribution is -2.27. The van der Waals surface area contributed by atoms with Gasteiger partial charge in [0.1, 0.15) is 0 Å². The molecule has 0 radical (unpaired) electrons. The topological polar surface area (TPSA) is 80.5 Å². The minimum Gasteiger partial charge on any atom is -0.268 e. The molecule has 0 unspecified atom stereocenters. The third kappa shape index (κ3) is 3.00. The van der Waals surface area contributed by atoms with Gasteiger partial charge in [0.25, 0.3) is 16.8 Å². The van der Waals surface area contributed by atoms with Crippen molar-refractivity contribution in [1.82, 2.24) is 0 Å². The molecule has 1 fully saturated rings. The lowest BCUT2D eigenvalue weighted by molar-refractivity contribution is -0.384. The first kappa shape index (κ1) is 15.0. The van der Waals surface area contributed by atoms with Crippen LogP contribution in [0.4, 0.5) is 16.2 Å². The Morgan fingerprint density at radius 1 is 1.00 bits per heavy atom. The molecule has 0 aromatic heterocycles. The van der Waals surface area contributed by atoms with Crippen LogP contribution in [-0.2, 0) is 4.79 Å². The number of para-hydroxylation sites is 1. The number of amides is 2. The summed E-state index contributed by atoms with van der Waals surface area (Å²) in [6.07, 6.45) is 1.55. The second-order valence-corrected chi connectivity index (χ2v) is 5.69. The number of nitrogens with zero attached hydrogens (tertiary/aromatic N) is 2. The van der Waals surface area contributed by atoms with Gasteiger partial charge in [0, 0.05) is 12.1 Å². The molecule has 1 heterocycles. The van der Waals surface area contributed by atoms with Crippen LogP contribution in [0.15, 0.2) is 59.5 Å². The number of hydrogen-bond donors (Lipinski definition) is 0. The highest BCUT2D eigenvalue weighted by atomic mass is 32.2. The normalized spacial score (nSPS) is 16.2. The second kappa shape index (κ2) is 6.05. The average Bonchev–Trinajstić information content (AvgIpc) is 2.82. The molecule has 1 saturated heterocycles. The zero-order valence-corrected chi connectivity index (χ0v) is 12.5. The fourth-order valence-electron chi connectivity index (χ4n) is 2.11. The van der Waals surface area contributed by atoms with Crippen LogP contribution in [0.5, 0.6) is 0 Å². The van der Waals surface area contributed by atoms with Crippen molar-refractivity contribution in [3.8, 4) is 0 Å². The summed E-state index contributed by atoms with van der Waals surface area (Å²) < 4.78 is 0. The largest absolute Gasteiger partial charge is 0.298 e. The molecule has 2 aromatic rings. The number of carbonyl (C=O) groups is 2. The number of nitro benzene ring substituents is 1. The number of thioether (sulfide) groups is 1. The summed E-state index contributed by atoms with van der Waals surface area (Å²) in [5.74, 6) is -0.399. The van der Waals surface area contributed by atoms with E-state index in [9.17, 15) is 19.7 Å². The zero-order valence-electron chi connectivity index (χ0n) is 11.7. The number of imide groups is 1. The Bertz CT molecular complexity index is 816. The van der Waals surface area contributed by atoms with Crippen LogP contribution < -0.4 is 4.90 Å². The van der Waals surface area contributed by atoms with Gasteiger partial charge >= 0.3 is 0 Å². The molecule has 0 atom stereocenters. The molecule has 1 aliphatic rings. The van der Waals surface area contributed by atoms with Crippen molar-refractivity contribution in [3.05, 3.63) is 75.2 Å². The lowest BCUT2D eigenvalue weighted by atomic mass is 10.2. The van der Waals surface area contributed by atoms with Crippen LogP contribution in [0.1, 0.15) is 5.56 Å². The van der Waals surface area contributed by atoms with Crippen molar-refractivity contribution in [2.45, 2.75) is 0 Å². The summed E-state index contributed by atoms with van der Waals surface area (Å²) in [4.78, 5) is 36.0. The molecular formula is C16H10N2O4S. The van der Waals surface area contributed by atoms with E-state index in [-0.39, 0.29) is 15.8 Å². The van der Waals surface area contributed by atoms with Gasteiger partial charge in [-0.2, -0.15) is 0 Å². The van der Waals surface area contributed by atoms with E-state index >= 15 is 0 Å². The summed E-state index contributed by atoms with van der Waals surface area (Å²) in [5, 5.41) is 10.3. The van der Waals surface area contributed by atoms with E-state index in [2.05, 4.69) is 0 Å². The van der Waals surface area contributed by atoms with Crippen molar-refractivity contribution in [2.75, 3.05) is 4.90 Å². The number of rotatable bonds is 3. The molecule has 7 heteroatoms. The van der Waals surface area contributed by atoms with Gasteiger partial charge in [-0.05, 0) is 47.7 Å². The Hall–Kier alpha value is -2.93. The number of hydrogen-bond acceptors (Lipinski definition) is 5. The molecule has 2 aromatic carbocycles. The van der Waals surface area contributed by atoms with Crippen LogP contribution in [-0.4, -0.2) is 16.1 Å². The highest BCUT2D eigenvalue weighted by Crippen LogP contribution is 2.35. The predicted molar refractivity (Wildman–Crippen MR) is 88.0 cm³/mol. The van der Waals surface area contributed by atoms with Crippen LogP contribution in [0.3, 0.4) is 0 Å². The second-order valence-electron chi connectivity index (χ2n) is 4.70. The zero-order chi connectivity index (χ0) is 16.4. The maximum atomic E-state index is 12.4. The van der Waals surface area contributed by atoms with Gasteiger partial charge in [0.15, 0.2) is 0 Å². The summed E-state index contributed by atoms with van der Waals surface area (Å²) in [6, 6.07) is 14.5. The first-order chi connectivity index (χ1) is 11.1. The number of non-ortho nitro benzene ring substituents is 1. The minimum absolute atomic E-state index is 0.0282. The summed E-state index contributed by atoms with van der Waals surface area (Å²) >= 11 is 0.847. The van der Waals surface area contributed by atoms with Crippen molar-refractivity contribution < 1.29 is 14.5 Å².